The van der Waals surface area contributed by atoms with E-state index < -0.39 is 11.9 Å². The van der Waals surface area contributed by atoms with Gasteiger partial charge < -0.3 is 18.9 Å². The fourth-order valence-corrected chi connectivity index (χ4v) is 3.20. The molecule has 0 fully saturated rings. The van der Waals surface area contributed by atoms with E-state index in [0.717, 1.165) is 4.47 Å². The smallest absolute Gasteiger partial charge is 0.343 e. The summed E-state index contributed by atoms with van der Waals surface area (Å²) in [4.78, 5) is 25.0. The van der Waals surface area contributed by atoms with Gasteiger partial charge in [0.25, 0.3) is 5.91 Å². The van der Waals surface area contributed by atoms with Crippen LogP contribution in [-0.2, 0) is 0 Å². The molecule has 9 heteroatoms. The predicted molar refractivity (Wildman–Crippen MR) is 127 cm³/mol. The number of nitrogens with zero attached hydrogens (tertiary/aromatic N) is 1. The standard InChI is InChI=1S/C24H21BrN2O6/c1-30-19-6-4-5-15(12-19)23(28)27-26-14-17-11-18(25)8-10-20(17)33-24(29)16-7-9-21(31-2)22(13-16)32-3/h4-14H,1-3H3,(H,27,28)/b26-14+. The van der Waals surface area contributed by atoms with Gasteiger partial charge in [0.1, 0.15) is 11.5 Å². The summed E-state index contributed by atoms with van der Waals surface area (Å²) >= 11 is 3.38. The fraction of sp³-hybridized carbons (Fsp3) is 0.125. The Morgan fingerprint density at radius 1 is 0.848 bits per heavy atom. The zero-order chi connectivity index (χ0) is 23.8. The molecule has 0 spiro atoms. The molecule has 0 aromatic heterocycles. The highest BCUT2D eigenvalue weighted by atomic mass is 79.9. The first-order valence-electron chi connectivity index (χ1n) is 9.66. The minimum atomic E-state index is -0.589. The SMILES string of the molecule is COc1cccc(C(=O)N/N=C/c2cc(Br)ccc2OC(=O)c2ccc(OC)c(OC)c2)c1. The average molecular weight is 513 g/mol. The monoisotopic (exact) mass is 512 g/mol. The fourth-order valence-electron chi connectivity index (χ4n) is 2.82. The topological polar surface area (TPSA) is 95.5 Å². The van der Waals surface area contributed by atoms with Crippen LogP contribution in [-0.4, -0.2) is 39.4 Å². The number of esters is 1. The first-order chi connectivity index (χ1) is 15.9. The van der Waals surface area contributed by atoms with E-state index in [1.807, 2.05) is 0 Å². The van der Waals surface area contributed by atoms with Crippen molar-refractivity contribution in [1.82, 2.24) is 5.43 Å². The lowest BCUT2D eigenvalue weighted by Gasteiger charge is -2.11. The second-order valence-electron chi connectivity index (χ2n) is 6.57. The van der Waals surface area contributed by atoms with Gasteiger partial charge >= 0.3 is 5.97 Å². The van der Waals surface area contributed by atoms with Crippen LogP contribution in [0.15, 0.2) is 70.2 Å². The highest BCUT2D eigenvalue weighted by molar-refractivity contribution is 9.10. The number of methoxy groups -OCH3 is 3. The molecule has 0 heterocycles. The third-order valence-electron chi connectivity index (χ3n) is 4.50. The normalized spacial score (nSPS) is 10.5. The van der Waals surface area contributed by atoms with E-state index in [0.29, 0.717) is 28.4 Å². The number of nitrogens with one attached hydrogen (secondary N) is 1. The quantitative estimate of drug-likeness (QED) is 0.207. The minimum absolute atomic E-state index is 0.261. The van der Waals surface area contributed by atoms with Crippen LogP contribution in [0.3, 0.4) is 0 Å². The van der Waals surface area contributed by atoms with Gasteiger partial charge in [0, 0.05) is 15.6 Å². The van der Waals surface area contributed by atoms with Gasteiger partial charge in [-0.3, -0.25) is 4.79 Å². The molecule has 1 amide bonds. The third kappa shape index (κ3) is 6.11. The molecule has 170 valence electrons. The Hall–Kier alpha value is -3.85. The summed E-state index contributed by atoms with van der Waals surface area (Å²) in [5.41, 5.74) is 3.59. The molecule has 0 atom stereocenters. The van der Waals surface area contributed by atoms with Gasteiger partial charge in [-0.2, -0.15) is 5.10 Å². The minimum Gasteiger partial charge on any atom is -0.497 e. The molecule has 0 aliphatic rings. The summed E-state index contributed by atoms with van der Waals surface area (Å²) in [5.74, 6) is 0.722. The second-order valence-corrected chi connectivity index (χ2v) is 7.49. The number of hydrogen-bond acceptors (Lipinski definition) is 7. The Morgan fingerprint density at radius 2 is 1.61 bits per heavy atom. The summed E-state index contributed by atoms with van der Waals surface area (Å²) in [6.07, 6.45) is 1.39. The largest absolute Gasteiger partial charge is 0.497 e. The average Bonchev–Trinajstić information content (AvgIpc) is 2.84. The zero-order valence-electron chi connectivity index (χ0n) is 18.1. The van der Waals surface area contributed by atoms with Crippen LogP contribution in [0.25, 0.3) is 0 Å². The number of amides is 1. The molecular weight excluding hydrogens is 492 g/mol. The molecule has 0 aliphatic carbocycles. The Bertz CT molecular complexity index is 1200. The number of hydrogen-bond donors (Lipinski definition) is 1. The number of carbonyl (C=O) groups is 2. The van der Waals surface area contributed by atoms with E-state index in [2.05, 4.69) is 26.5 Å². The number of ether oxygens (including phenoxy) is 4. The number of hydrazone groups is 1. The lowest BCUT2D eigenvalue weighted by molar-refractivity contribution is 0.0733. The summed E-state index contributed by atoms with van der Waals surface area (Å²) < 4.78 is 21.8. The van der Waals surface area contributed by atoms with Gasteiger partial charge in [0.2, 0.25) is 0 Å². The van der Waals surface area contributed by atoms with E-state index >= 15 is 0 Å². The molecule has 0 saturated carbocycles. The number of carbonyl (C=O) groups excluding carboxylic acids is 2. The molecule has 3 aromatic rings. The van der Waals surface area contributed by atoms with Crippen molar-refractivity contribution in [2.45, 2.75) is 0 Å². The molecule has 3 rings (SSSR count). The molecule has 0 unspecified atom stereocenters. The Balaban J connectivity index is 1.76. The van der Waals surface area contributed by atoms with Crippen molar-refractivity contribution in [2.24, 2.45) is 5.10 Å². The van der Waals surface area contributed by atoms with Crippen molar-refractivity contribution in [3.8, 4) is 23.0 Å². The van der Waals surface area contributed by atoms with Crippen LogP contribution in [0.4, 0.5) is 0 Å². The van der Waals surface area contributed by atoms with Crippen LogP contribution in [0.2, 0.25) is 0 Å². The van der Waals surface area contributed by atoms with Crippen molar-refractivity contribution in [3.05, 3.63) is 81.8 Å². The predicted octanol–water partition coefficient (Wildman–Crippen LogP) is 4.46. The molecule has 0 bridgehead atoms. The van der Waals surface area contributed by atoms with Gasteiger partial charge in [-0.25, -0.2) is 10.2 Å². The maximum Gasteiger partial charge on any atom is 0.343 e. The third-order valence-corrected chi connectivity index (χ3v) is 4.99. The van der Waals surface area contributed by atoms with Gasteiger partial charge in [-0.1, -0.05) is 22.0 Å². The zero-order valence-corrected chi connectivity index (χ0v) is 19.7. The van der Waals surface area contributed by atoms with Gasteiger partial charge in [-0.05, 0) is 54.6 Å². The van der Waals surface area contributed by atoms with Crippen molar-refractivity contribution < 1.29 is 28.5 Å². The summed E-state index contributed by atoms with van der Waals surface area (Å²) in [6.45, 7) is 0. The molecule has 8 nitrogen and oxygen atoms in total. The van der Waals surface area contributed by atoms with Gasteiger partial charge in [0.05, 0.1) is 33.1 Å². The van der Waals surface area contributed by atoms with Gasteiger partial charge in [0.15, 0.2) is 11.5 Å². The second kappa shape index (κ2) is 11.1. The molecule has 1 N–H and O–H groups in total. The molecular formula is C24H21BrN2O6. The Morgan fingerprint density at radius 3 is 2.33 bits per heavy atom. The number of benzene rings is 3. The van der Waals surface area contributed by atoms with Crippen molar-refractivity contribution >= 4 is 34.0 Å². The first kappa shape index (κ1) is 23.8. The highest BCUT2D eigenvalue weighted by Crippen LogP contribution is 2.29. The number of rotatable bonds is 8. The van der Waals surface area contributed by atoms with Crippen LogP contribution < -0.4 is 24.4 Å². The molecule has 0 saturated heterocycles. The summed E-state index contributed by atoms with van der Waals surface area (Å²) in [5, 5.41) is 3.99. The Kier molecular flexibility index (Phi) is 8.04. The maximum absolute atomic E-state index is 12.7. The van der Waals surface area contributed by atoms with E-state index in [-0.39, 0.29) is 11.3 Å². The first-order valence-corrected chi connectivity index (χ1v) is 10.5. The van der Waals surface area contributed by atoms with Crippen LogP contribution in [0.1, 0.15) is 26.3 Å². The summed E-state index contributed by atoms with van der Waals surface area (Å²) in [7, 11) is 4.51. The van der Waals surface area contributed by atoms with Crippen LogP contribution in [0.5, 0.6) is 23.0 Å². The molecule has 0 aliphatic heterocycles. The van der Waals surface area contributed by atoms with E-state index in [4.69, 9.17) is 18.9 Å². The Labute approximate surface area is 199 Å². The molecule has 0 radical (unpaired) electrons. The highest BCUT2D eigenvalue weighted by Gasteiger charge is 2.15. The van der Waals surface area contributed by atoms with Crippen molar-refractivity contribution in [1.29, 1.82) is 0 Å². The molecule has 33 heavy (non-hydrogen) atoms. The molecule has 3 aromatic carbocycles. The van der Waals surface area contributed by atoms with Crippen molar-refractivity contribution in [2.75, 3.05) is 21.3 Å². The van der Waals surface area contributed by atoms with E-state index in [9.17, 15) is 9.59 Å². The lowest BCUT2D eigenvalue weighted by Crippen LogP contribution is -2.17. The van der Waals surface area contributed by atoms with Gasteiger partial charge in [-0.15, -0.1) is 0 Å². The maximum atomic E-state index is 12.7. The van der Waals surface area contributed by atoms with E-state index in [1.54, 1.807) is 54.6 Å². The van der Waals surface area contributed by atoms with E-state index in [1.165, 1.54) is 33.6 Å². The number of halogens is 1. The van der Waals surface area contributed by atoms with Crippen LogP contribution in [0, 0.1) is 0 Å². The van der Waals surface area contributed by atoms with Crippen molar-refractivity contribution in [3.63, 3.8) is 0 Å². The summed E-state index contributed by atoms with van der Waals surface area (Å²) in [6, 6.07) is 16.5. The lowest BCUT2D eigenvalue weighted by atomic mass is 10.2. The van der Waals surface area contributed by atoms with Crippen LogP contribution >= 0.6 is 15.9 Å².